The molecule has 0 radical (unpaired) electrons. The van der Waals surface area contributed by atoms with Crippen LogP contribution >= 0.6 is 0 Å². The zero-order valence-corrected chi connectivity index (χ0v) is 14.1. The van der Waals surface area contributed by atoms with Gasteiger partial charge in [-0.1, -0.05) is 6.07 Å². The second-order valence-corrected chi connectivity index (χ2v) is 6.27. The number of anilines is 1. The molecular formula is C16H22FN3O4. The number of hydrogen-bond acceptors (Lipinski definition) is 4. The van der Waals surface area contributed by atoms with E-state index in [0.717, 1.165) is 0 Å². The van der Waals surface area contributed by atoms with Crippen LogP contribution in [0.1, 0.15) is 32.8 Å². The van der Waals surface area contributed by atoms with Crippen molar-refractivity contribution in [1.82, 2.24) is 5.32 Å². The average Bonchev–Trinajstić information content (AvgIpc) is 2.40. The van der Waals surface area contributed by atoms with Crippen LogP contribution in [0.3, 0.4) is 0 Å². The van der Waals surface area contributed by atoms with Gasteiger partial charge in [0.2, 0.25) is 11.8 Å². The Balaban J connectivity index is 2.87. The third-order valence-corrected chi connectivity index (χ3v) is 2.94. The number of hydrogen-bond donors (Lipinski definition) is 3. The lowest BCUT2D eigenvalue weighted by molar-refractivity contribution is -0.124. The molecule has 0 bridgehead atoms. The molecule has 3 amide bonds. The first-order valence-electron chi connectivity index (χ1n) is 7.33. The molecule has 7 nitrogen and oxygen atoms in total. The number of carbonyl (C=O) groups excluding carboxylic acids is 3. The molecule has 0 saturated heterocycles. The summed E-state index contributed by atoms with van der Waals surface area (Å²) in [7, 11) is 0. The minimum Gasteiger partial charge on any atom is -0.444 e. The Morgan fingerprint density at radius 3 is 2.46 bits per heavy atom. The van der Waals surface area contributed by atoms with E-state index in [1.807, 2.05) is 0 Å². The van der Waals surface area contributed by atoms with Gasteiger partial charge in [-0.15, -0.1) is 0 Å². The maximum Gasteiger partial charge on any atom is 0.408 e. The van der Waals surface area contributed by atoms with Crippen LogP contribution in [0.5, 0.6) is 0 Å². The van der Waals surface area contributed by atoms with Gasteiger partial charge in [0.25, 0.3) is 0 Å². The first kappa shape index (κ1) is 19.4. The molecule has 24 heavy (non-hydrogen) atoms. The van der Waals surface area contributed by atoms with Crippen molar-refractivity contribution in [2.45, 2.75) is 45.8 Å². The van der Waals surface area contributed by atoms with Crippen LogP contribution < -0.4 is 16.4 Å². The van der Waals surface area contributed by atoms with Crippen LogP contribution in [0.4, 0.5) is 14.9 Å². The number of halogens is 1. The molecule has 0 unspecified atom stereocenters. The molecule has 1 aromatic rings. The molecule has 0 aromatic heterocycles. The molecule has 8 heteroatoms. The van der Waals surface area contributed by atoms with E-state index < -0.39 is 41.8 Å². The van der Waals surface area contributed by atoms with E-state index in [1.165, 1.54) is 25.1 Å². The lowest BCUT2D eigenvalue weighted by atomic mass is 10.1. The fourth-order valence-electron chi connectivity index (χ4n) is 1.82. The molecule has 0 saturated carbocycles. The number of rotatable bonds is 5. The normalized spacial score (nSPS) is 12.2. The molecule has 0 aliphatic heterocycles. The molecule has 4 N–H and O–H groups in total. The van der Waals surface area contributed by atoms with Gasteiger partial charge in [-0.3, -0.25) is 9.59 Å². The molecule has 1 rings (SSSR count). The predicted octanol–water partition coefficient (Wildman–Crippen LogP) is 1.84. The van der Waals surface area contributed by atoms with E-state index in [4.69, 9.17) is 10.5 Å². The van der Waals surface area contributed by atoms with Gasteiger partial charge in [-0.2, -0.15) is 0 Å². The number of nitrogens with one attached hydrogen (secondary N) is 2. The summed E-state index contributed by atoms with van der Waals surface area (Å²) in [6.07, 6.45) is -1.28. The molecule has 1 atom stereocenters. The van der Waals surface area contributed by atoms with Crippen molar-refractivity contribution in [2.75, 3.05) is 5.32 Å². The van der Waals surface area contributed by atoms with Crippen molar-refractivity contribution >= 4 is 23.6 Å². The minimum absolute atomic E-state index is 0.237. The Kier molecular flexibility index (Phi) is 6.27. The molecule has 0 fully saturated rings. The number of amides is 3. The van der Waals surface area contributed by atoms with Crippen LogP contribution in [0.15, 0.2) is 18.2 Å². The predicted molar refractivity (Wildman–Crippen MR) is 86.7 cm³/mol. The second-order valence-electron chi connectivity index (χ2n) is 6.27. The Morgan fingerprint density at radius 1 is 1.29 bits per heavy atom. The maximum atomic E-state index is 13.5. The summed E-state index contributed by atoms with van der Waals surface area (Å²) in [4.78, 5) is 35.2. The lowest BCUT2D eigenvalue weighted by Gasteiger charge is -2.23. The highest BCUT2D eigenvalue weighted by atomic mass is 19.1. The summed E-state index contributed by atoms with van der Waals surface area (Å²) >= 11 is 0. The number of primary amides is 1. The SMILES string of the molecule is Cc1c(F)cccc1NC(=O)[C@H](CC(N)=O)NC(=O)OC(C)(C)C. The third-order valence-electron chi connectivity index (χ3n) is 2.94. The Bertz CT molecular complexity index is 641. The van der Waals surface area contributed by atoms with Crippen molar-refractivity contribution in [2.24, 2.45) is 5.73 Å². The number of benzene rings is 1. The fraction of sp³-hybridized carbons (Fsp3) is 0.438. The first-order chi connectivity index (χ1) is 11.0. The molecule has 0 spiro atoms. The van der Waals surface area contributed by atoms with Crippen molar-refractivity contribution in [3.05, 3.63) is 29.6 Å². The van der Waals surface area contributed by atoms with Gasteiger partial charge in [0.05, 0.1) is 6.42 Å². The maximum absolute atomic E-state index is 13.5. The molecule has 132 valence electrons. The van der Waals surface area contributed by atoms with E-state index in [9.17, 15) is 18.8 Å². The first-order valence-corrected chi connectivity index (χ1v) is 7.33. The van der Waals surface area contributed by atoms with Gasteiger partial charge in [-0.25, -0.2) is 9.18 Å². The summed E-state index contributed by atoms with van der Waals surface area (Å²) in [5.74, 6) is -1.96. The molecule has 0 heterocycles. The third kappa shape index (κ3) is 6.23. The van der Waals surface area contributed by atoms with E-state index in [2.05, 4.69) is 10.6 Å². The van der Waals surface area contributed by atoms with Crippen LogP contribution in [-0.4, -0.2) is 29.6 Å². The zero-order valence-electron chi connectivity index (χ0n) is 14.1. The summed E-state index contributed by atoms with van der Waals surface area (Å²) in [6.45, 7) is 6.47. The van der Waals surface area contributed by atoms with Crippen LogP contribution in [0.2, 0.25) is 0 Å². The van der Waals surface area contributed by atoms with E-state index in [-0.39, 0.29) is 11.3 Å². The topological polar surface area (TPSA) is 111 Å². The van der Waals surface area contributed by atoms with E-state index in [0.29, 0.717) is 0 Å². The highest BCUT2D eigenvalue weighted by molar-refractivity contribution is 5.99. The summed E-state index contributed by atoms with van der Waals surface area (Å²) < 4.78 is 18.6. The van der Waals surface area contributed by atoms with Crippen LogP contribution in [0.25, 0.3) is 0 Å². The van der Waals surface area contributed by atoms with Gasteiger partial charge in [0.15, 0.2) is 0 Å². The van der Waals surface area contributed by atoms with Gasteiger partial charge >= 0.3 is 6.09 Å². The Morgan fingerprint density at radius 2 is 1.92 bits per heavy atom. The Labute approximate surface area is 139 Å². The molecule has 0 aliphatic carbocycles. The summed E-state index contributed by atoms with van der Waals surface area (Å²) in [6, 6.07) is 2.96. The smallest absolute Gasteiger partial charge is 0.408 e. The quantitative estimate of drug-likeness (QED) is 0.760. The highest BCUT2D eigenvalue weighted by Crippen LogP contribution is 2.18. The van der Waals surface area contributed by atoms with E-state index >= 15 is 0 Å². The second kappa shape index (κ2) is 7.76. The Hall–Kier alpha value is -2.64. The van der Waals surface area contributed by atoms with Crippen molar-refractivity contribution in [3.63, 3.8) is 0 Å². The lowest BCUT2D eigenvalue weighted by Crippen LogP contribution is -2.47. The summed E-state index contributed by atoms with van der Waals surface area (Å²) in [5.41, 5.74) is 4.82. The van der Waals surface area contributed by atoms with Crippen molar-refractivity contribution in [1.29, 1.82) is 0 Å². The zero-order chi connectivity index (χ0) is 18.5. The summed E-state index contributed by atoms with van der Waals surface area (Å²) in [5, 5.41) is 4.76. The van der Waals surface area contributed by atoms with E-state index in [1.54, 1.807) is 20.8 Å². The fourth-order valence-corrected chi connectivity index (χ4v) is 1.82. The average molecular weight is 339 g/mol. The van der Waals surface area contributed by atoms with Crippen molar-refractivity contribution < 1.29 is 23.5 Å². The highest BCUT2D eigenvalue weighted by Gasteiger charge is 2.26. The minimum atomic E-state index is -1.24. The molecular weight excluding hydrogens is 317 g/mol. The van der Waals surface area contributed by atoms with Gasteiger partial charge in [0, 0.05) is 11.3 Å². The number of ether oxygens (including phenoxy) is 1. The monoisotopic (exact) mass is 339 g/mol. The molecule has 1 aromatic carbocycles. The van der Waals surface area contributed by atoms with Gasteiger partial charge in [0.1, 0.15) is 17.5 Å². The number of carbonyl (C=O) groups is 3. The standard InChI is InChI=1S/C16H22FN3O4/c1-9-10(17)6-5-7-11(9)19-14(22)12(8-13(18)21)20-15(23)24-16(2,3)4/h5-7,12H,8H2,1-4H3,(H2,18,21)(H,19,22)(H,20,23)/t12-/m0/s1. The van der Waals surface area contributed by atoms with Crippen LogP contribution in [0, 0.1) is 12.7 Å². The largest absolute Gasteiger partial charge is 0.444 e. The van der Waals surface area contributed by atoms with Gasteiger partial charge < -0.3 is 21.1 Å². The molecule has 0 aliphatic rings. The van der Waals surface area contributed by atoms with Gasteiger partial charge in [-0.05, 0) is 39.8 Å². The number of alkyl carbamates (subject to hydrolysis) is 1. The number of nitrogens with two attached hydrogens (primary N) is 1. The van der Waals surface area contributed by atoms with Crippen molar-refractivity contribution in [3.8, 4) is 0 Å². The van der Waals surface area contributed by atoms with Crippen LogP contribution in [-0.2, 0) is 14.3 Å².